The minimum atomic E-state index is -0.890. The second-order valence-electron chi connectivity index (χ2n) is 13.6. The summed E-state index contributed by atoms with van der Waals surface area (Å²) in [6, 6.07) is 7.94. The van der Waals surface area contributed by atoms with Crippen LogP contribution in [-0.4, -0.2) is 70.9 Å². The highest BCUT2D eigenvalue weighted by Gasteiger charge is 2.49. The first-order valence-electron chi connectivity index (χ1n) is 17.2. The number of methoxy groups -OCH3 is 3. The molecule has 270 valence electrons. The molecule has 2 atom stereocenters. The normalized spacial score (nSPS) is 18.0. The van der Waals surface area contributed by atoms with Crippen molar-refractivity contribution in [3.63, 3.8) is 0 Å². The zero-order chi connectivity index (χ0) is 37.5. The van der Waals surface area contributed by atoms with Gasteiger partial charge in [-0.1, -0.05) is 24.8 Å². The van der Waals surface area contributed by atoms with E-state index in [1.165, 1.54) is 14.2 Å². The van der Waals surface area contributed by atoms with Crippen LogP contribution in [0.15, 0.2) is 54.6 Å². The van der Waals surface area contributed by atoms with Crippen molar-refractivity contribution in [3.05, 3.63) is 99.7 Å². The number of nitrogens with one attached hydrogen (secondary N) is 2. The van der Waals surface area contributed by atoms with Crippen LogP contribution in [0.4, 0.5) is 0 Å². The Kier molecular flexibility index (Phi) is 9.92. The number of fused-ring (bicyclic) bond motifs is 11. The van der Waals surface area contributed by atoms with Crippen molar-refractivity contribution < 1.29 is 33.7 Å². The summed E-state index contributed by atoms with van der Waals surface area (Å²) < 4.78 is 15.9. The lowest BCUT2D eigenvalue weighted by atomic mass is 9.64. The molecule has 11 nitrogen and oxygen atoms in total. The van der Waals surface area contributed by atoms with Crippen molar-refractivity contribution in [3.8, 4) is 0 Å². The van der Waals surface area contributed by atoms with E-state index in [4.69, 9.17) is 24.2 Å². The van der Waals surface area contributed by atoms with E-state index in [-0.39, 0.29) is 25.4 Å². The third-order valence-corrected chi connectivity index (χ3v) is 10.8. The number of H-pyrrole nitrogens is 2. The first-order valence-corrected chi connectivity index (χ1v) is 17.2. The van der Waals surface area contributed by atoms with Gasteiger partial charge >= 0.3 is 17.9 Å². The lowest BCUT2D eigenvalue weighted by Gasteiger charge is -2.38. The van der Waals surface area contributed by atoms with E-state index in [2.05, 4.69) is 23.5 Å². The van der Waals surface area contributed by atoms with Crippen LogP contribution in [-0.2, 0) is 46.9 Å². The summed E-state index contributed by atoms with van der Waals surface area (Å²) in [6.07, 6.45) is 6.37. The molecule has 3 aromatic rings. The zero-order valence-corrected chi connectivity index (χ0v) is 30.7. The largest absolute Gasteiger partial charge is 0.481 e. The zero-order valence-electron chi connectivity index (χ0n) is 30.7. The summed E-state index contributed by atoms with van der Waals surface area (Å²) in [5, 5.41) is 9.62. The molecule has 3 aromatic heterocycles. The van der Waals surface area contributed by atoms with Crippen LogP contribution in [0.5, 0.6) is 0 Å². The van der Waals surface area contributed by atoms with Crippen molar-refractivity contribution >= 4 is 56.7 Å². The quantitative estimate of drug-likeness (QED) is 0.191. The molecule has 0 saturated carbocycles. The Morgan fingerprint density at radius 3 is 2.10 bits per heavy atom. The van der Waals surface area contributed by atoms with Gasteiger partial charge < -0.3 is 29.3 Å². The van der Waals surface area contributed by atoms with Gasteiger partial charge in [0.15, 0.2) is 0 Å². The molecule has 52 heavy (non-hydrogen) atoms. The lowest BCUT2D eigenvalue weighted by Crippen LogP contribution is -2.39. The summed E-state index contributed by atoms with van der Waals surface area (Å²) in [4.78, 5) is 54.7. The standard InChI is InChI=1S/C41H44N4O7/c1-9-24-21(2)31-17-36-28-13-10-27(40(49)52-8)29(20-50-6)41(28,5)37(45-36)19-32-23(4)26(12-15-39(48)51-7)35(44-32)18-34-25(11-14-38(46)47)22(3)30(43-34)16-33(24)42-31/h9-10,13,16-19,29,43-44H,1,11-12,14-15,20H2,2-8H3,(H,46,47)/t29-,41+/m1/s1. The van der Waals surface area contributed by atoms with E-state index in [0.29, 0.717) is 35.5 Å². The van der Waals surface area contributed by atoms with E-state index in [9.17, 15) is 19.5 Å². The summed E-state index contributed by atoms with van der Waals surface area (Å²) in [5.41, 5.74) is 12.0. The first-order chi connectivity index (χ1) is 24.9. The van der Waals surface area contributed by atoms with Gasteiger partial charge in [-0.2, -0.15) is 0 Å². The van der Waals surface area contributed by atoms with E-state index in [1.54, 1.807) is 19.3 Å². The van der Waals surface area contributed by atoms with Crippen LogP contribution in [0.25, 0.3) is 38.8 Å². The number of carbonyl (C=O) groups is 3. The Morgan fingerprint density at radius 1 is 0.846 bits per heavy atom. The molecule has 11 heteroatoms. The predicted octanol–water partition coefficient (Wildman–Crippen LogP) is 6.89. The number of rotatable bonds is 10. The summed E-state index contributed by atoms with van der Waals surface area (Å²) in [6.45, 7) is 12.4. The highest BCUT2D eigenvalue weighted by atomic mass is 16.5. The molecule has 0 spiro atoms. The molecule has 1 aliphatic carbocycles. The Bertz CT molecular complexity index is 2290. The monoisotopic (exact) mass is 704 g/mol. The Hall–Kier alpha value is -5.55. The van der Waals surface area contributed by atoms with E-state index in [1.807, 2.05) is 51.1 Å². The smallest absolute Gasteiger partial charge is 0.334 e. The van der Waals surface area contributed by atoms with Crippen LogP contribution in [0.3, 0.4) is 0 Å². The van der Waals surface area contributed by atoms with E-state index >= 15 is 0 Å². The molecule has 0 fully saturated rings. The molecular weight excluding hydrogens is 660 g/mol. The molecule has 3 N–H and O–H groups in total. The maximum absolute atomic E-state index is 13.1. The van der Waals surface area contributed by atoms with Gasteiger partial charge in [-0.05, 0) is 98.2 Å². The van der Waals surface area contributed by atoms with E-state index < -0.39 is 23.3 Å². The van der Waals surface area contributed by atoms with Gasteiger partial charge in [0.25, 0.3) is 0 Å². The predicted molar refractivity (Wildman–Crippen MR) is 200 cm³/mol. The van der Waals surface area contributed by atoms with Gasteiger partial charge in [0.1, 0.15) is 0 Å². The molecular formula is C41H44N4O7. The number of ether oxygens (including phenoxy) is 3. The number of aromatic nitrogens is 4. The average molecular weight is 705 g/mol. The van der Waals surface area contributed by atoms with Gasteiger partial charge in [-0.15, -0.1) is 0 Å². The number of esters is 2. The number of carbonyl (C=O) groups excluding carboxylic acids is 2. The van der Waals surface area contributed by atoms with Gasteiger partial charge in [0, 0.05) is 64.5 Å². The van der Waals surface area contributed by atoms with Crippen molar-refractivity contribution in [1.82, 2.24) is 19.9 Å². The molecule has 5 heterocycles. The minimum Gasteiger partial charge on any atom is -0.481 e. The second-order valence-corrected chi connectivity index (χ2v) is 13.6. The summed E-state index contributed by atoms with van der Waals surface area (Å²) >= 11 is 0. The number of nitrogens with zero attached hydrogens (tertiary/aromatic N) is 2. The van der Waals surface area contributed by atoms with Crippen LogP contribution in [0, 0.1) is 19.8 Å². The molecule has 0 saturated heterocycles. The molecule has 2 aliphatic heterocycles. The summed E-state index contributed by atoms with van der Waals surface area (Å²) in [7, 11) is 4.35. The number of aromatic amines is 2. The topological polar surface area (TPSA) is 156 Å². The summed E-state index contributed by atoms with van der Waals surface area (Å²) in [5.74, 6) is -2.08. The minimum absolute atomic E-state index is 0.0424. The molecule has 0 amide bonds. The van der Waals surface area contributed by atoms with Crippen LogP contribution < -0.4 is 0 Å². The van der Waals surface area contributed by atoms with Crippen molar-refractivity contribution in [2.24, 2.45) is 5.92 Å². The van der Waals surface area contributed by atoms with Crippen LogP contribution in [0.1, 0.15) is 71.7 Å². The van der Waals surface area contributed by atoms with Gasteiger partial charge in [-0.3, -0.25) is 14.6 Å². The molecule has 3 aliphatic rings. The number of hydrogen-bond acceptors (Lipinski definition) is 8. The number of carboxylic acid groups (broad SMARTS) is 1. The van der Waals surface area contributed by atoms with E-state index in [0.717, 1.165) is 66.7 Å². The number of aliphatic carboxylic acids is 1. The van der Waals surface area contributed by atoms with Crippen LogP contribution >= 0.6 is 0 Å². The molecule has 0 aromatic carbocycles. The highest BCUT2D eigenvalue weighted by molar-refractivity contribution is 5.98. The average Bonchev–Trinajstić information content (AvgIpc) is 3.77. The van der Waals surface area contributed by atoms with Crippen LogP contribution in [0.2, 0.25) is 0 Å². The Morgan fingerprint density at radius 2 is 1.50 bits per heavy atom. The van der Waals surface area contributed by atoms with Crippen molar-refractivity contribution in [2.75, 3.05) is 27.9 Å². The maximum Gasteiger partial charge on any atom is 0.334 e. The Balaban J connectivity index is 1.77. The number of aryl methyl sites for hydroxylation is 4. The molecule has 0 radical (unpaired) electrons. The lowest BCUT2D eigenvalue weighted by molar-refractivity contribution is -0.140. The maximum atomic E-state index is 13.1. The fourth-order valence-corrected chi connectivity index (χ4v) is 7.74. The van der Waals surface area contributed by atoms with Crippen molar-refractivity contribution in [1.29, 1.82) is 0 Å². The second kappa shape index (κ2) is 14.2. The number of hydrogen-bond donors (Lipinski definition) is 3. The third kappa shape index (κ3) is 6.19. The van der Waals surface area contributed by atoms with Crippen molar-refractivity contribution in [2.45, 2.75) is 58.8 Å². The van der Waals surface area contributed by atoms with Gasteiger partial charge in [0.2, 0.25) is 0 Å². The van der Waals surface area contributed by atoms with Gasteiger partial charge in [-0.25, -0.2) is 9.78 Å². The molecule has 0 unspecified atom stereocenters. The number of allylic oxidation sites excluding steroid dienone is 6. The highest BCUT2D eigenvalue weighted by Crippen LogP contribution is 2.52. The SMILES string of the molecule is C=CC1=C(C)c2cc3nc(cc4[nH]c(cc5[nH]c(cc1n2)c(C)c5CCC(=O)O)c(CCC(=O)OC)c4C)[C@@]1(C)C3=CC=C(C(=O)OC)[C@H]1COC. The molecule has 8 bridgehead atoms. The van der Waals surface area contributed by atoms with Gasteiger partial charge in [0.05, 0.1) is 43.6 Å². The fourth-order valence-electron chi connectivity index (χ4n) is 7.74. The fraction of sp³-hybridized carbons (Fsp3) is 0.341. The Labute approximate surface area is 302 Å². The third-order valence-electron chi connectivity index (χ3n) is 10.8. The first kappa shape index (κ1) is 36.2. The number of carboxylic acids is 1. The molecule has 6 rings (SSSR count).